The van der Waals surface area contributed by atoms with Crippen molar-refractivity contribution in [1.82, 2.24) is 9.78 Å². The molecule has 4 nitrogen and oxygen atoms in total. The lowest BCUT2D eigenvalue weighted by atomic mass is 10.2. The van der Waals surface area contributed by atoms with Gasteiger partial charge < -0.3 is 5.73 Å². The summed E-state index contributed by atoms with van der Waals surface area (Å²) < 4.78 is 1.61. The van der Waals surface area contributed by atoms with Crippen LogP contribution >= 0.6 is 0 Å². The Kier molecular flexibility index (Phi) is 2.05. The lowest BCUT2D eigenvalue weighted by Crippen LogP contribution is -2.15. The molecule has 11 heavy (non-hydrogen) atoms. The molecule has 4 heteroatoms. The molecule has 1 aromatic rings. The second kappa shape index (κ2) is 2.84. The van der Waals surface area contributed by atoms with Crippen molar-refractivity contribution in [2.24, 2.45) is 12.8 Å². The van der Waals surface area contributed by atoms with Crippen molar-refractivity contribution in [3.05, 3.63) is 17.5 Å². The molecule has 1 heterocycles. The van der Waals surface area contributed by atoms with Crippen molar-refractivity contribution in [3.8, 4) is 0 Å². The molecule has 60 valence electrons. The van der Waals surface area contributed by atoms with E-state index in [9.17, 15) is 4.79 Å². The molecule has 0 spiro atoms. The molecule has 0 unspecified atom stereocenters. The molecule has 1 rings (SSSR count). The van der Waals surface area contributed by atoms with E-state index < -0.39 is 0 Å². The van der Waals surface area contributed by atoms with Crippen LogP contribution in [0.25, 0.3) is 0 Å². The van der Waals surface area contributed by atoms with Crippen molar-refractivity contribution >= 4 is 5.78 Å². The molecule has 0 radical (unpaired) electrons. The molecule has 0 saturated heterocycles. The van der Waals surface area contributed by atoms with Gasteiger partial charge in [0.2, 0.25) is 0 Å². The summed E-state index contributed by atoms with van der Waals surface area (Å²) in [5.41, 5.74) is 6.54. The first-order valence-corrected chi connectivity index (χ1v) is 3.38. The van der Waals surface area contributed by atoms with Gasteiger partial charge in [0.05, 0.1) is 6.54 Å². The second-order valence-electron chi connectivity index (χ2n) is 2.46. The van der Waals surface area contributed by atoms with E-state index in [-0.39, 0.29) is 12.3 Å². The Hall–Kier alpha value is -1.16. The van der Waals surface area contributed by atoms with Crippen LogP contribution in [0.4, 0.5) is 0 Å². The molecule has 0 atom stereocenters. The summed E-state index contributed by atoms with van der Waals surface area (Å²) in [5.74, 6) is -0.108. The van der Waals surface area contributed by atoms with Gasteiger partial charge in [-0.2, -0.15) is 5.10 Å². The fourth-order valence-corrected chi connectivity index (χ4v) is 0.979. The number of ketones is 1. The number of nitrogens with zero attached hydrogens (tertiary/aromatic N) is 2. The standard InChI is InChI=1S/C7H11N3O/c1-5-4-10(2)9-7(5)6(11)3-8/h4H,3,8H2,1-2H3. The molecule has 0 aliphatic rings. The van der Waals surface area contributed by atoms with Crippen molar-refractivity contribution in [2.45, 2.75) is 6.92 Å². The Bertz CT molecular complexity index is 277. The van der Waals surface area contributed by atoms with Crippen LogP contribution in [-0.2, 0) is 7.05 Å². The van der Waals surface area contributed by atoms with Gasteiger partial charge in [-0.25, -0.2) is 0 Å². The van der Waals surface area contributed by atoms with Crippen LogP contribution in [0, 0.1) is 6.92 Å². The van der Waals surface area contributed by atoms with E-state index in [2.05, 4.69) is 5.10 Å². The highest BCUT2D eigenvalue weighted by molar-refractivity contribution is 5.96. The number of nitrogens with two attached hydrogens (primary N) is 1. The molecule has 1 aromatic heterocycles. The first-order valence-electron chi connectivity index (χ1n) is 3.38. The van der Waals surface area contributed by atoms with Crippen LogP contribution in [0.15, 0.2) is 6.20 Å². The van der Waals surface area contributed by atoms with Gasteiger partial charge in [-0.1, -0.05) is 0 Å². The van der Waals surface area contributed by atoms with Crippen molar-refractivity contribution in [2.75, 3.05) is 6.54 Å². The third-order valence-electron chi connectivity index (χ3n) is 1.46. The minimum Gasteiger partial charge on any atom is -0.324 e. The smallest absolute Gasteiger partial charge is 0.196 e. The fraction of sp³-hybridized carbons (Fsp3) is 0.429. The summed E-state index contributed by atoms with van der Waals surface area (Å²) in [6.07, 6.45) is 1.79. The summed E-state index contributed by atoms with van der Waals surface area (Å²) in [5, 5.41) is 3.97. The van der Waals surface area contributed by atoms with Gasteiger partial charge in [0.1, 0.15) is 5.69 Å². The maximum Gasteiger partial charge on any atom is 0.196 e. The molecule has 2 N–H and O–H groups in total. The largest absolute Gasteiger partial charge is 0.324 e. The van der Waals surface area contributed by atoms with E-state index >= 15 is 0 Å². The highest BCUT2D eigenvalue weighted by Gasteiger charge is 2.10. The van der Waals surface area contributed by atoms with E-state index in [1.807, 2.05) is 6.92 Å². The first kappa shape index (κ1) is 7.94. The van der Waals surface area contributed by atoms with Crippen molar-refractivity contribution in [1.29, 1.82) is 0 Å². The number of aromatic nitrogens is 2. The van der Waals surface area contributed by atoms with Gasteiger partial charge in [-0.15, -0.1) is 0 Å². The lowest BCUT2D eigenvalue weighted by Gasteiger charge is -1.90. The molecule has 0 bridgehead atoms. The van der Waals surface area contributed by atoms with Gasteiger partial charge in [-0.3, -0.25) is 9.48 Å². The van der Waals surface area contributed by atoms with Gasteiger partial charge in [0.25, 0.3) is 0 Å². The summed E-state index contributed by atoms with van der Waals surface area (Å²) in [4.78, 5) is 11.0. The summed E-state index contributed by atoms with van der Waals surface area (Å²) in [6, 6.07) is 0. The van der Waals surface area contributed by atoms with Crippen LogP contribution in [0.3, 0.4) is 0 Å². The number of carbonyl (C=O) groups is 1. The predicted molar refractivity (Wildman–Crippen MR) is 41.3 cm³/mol. The van der Waals surface area contributed by atoms with E-state index in [1.165, 1.54) is 0 Å². The average Bonchev–Trinajstić information content (AvgIpc) is 2.28. The average molecular weight is 153 g/mol. The number of aryl methyl sites for hydroxylation is 2. The zero-order valence-corrected chi connectivity index (χ0v) is 6.66. The number of carbonyl (C=O) groups excluding carboxylic acids is 1. The van der Waals surface area contributed by atoms with Gasteiger partial charge in [0, 0.05) is 13.2 Å². The van der Waals surface area contributed by atoms with Crippen LogP contribution in [-0.4, -0.2) is 22.1 Å². The Morgan fingerprint density at radius 3 is 2.82 bits per heavy atom. The molecular weight excluding hydrogens is 142 g/mol. The SMILES string of the molecule is Cc1cn(C)nc1C(=O)CN. The van der Waals surface area contributed by atoms with Crippen LogP contribution < -0.4 is 5.73 Å². The Balaban J connectivity index is 3.03. The van der Waals surface area contributed by atoms with E-state index in [0.29, 0.717) is 5.69 Å². The second-order valence-corrected chi connectivity index (χ2v) is 2.46. The van der Waals surface area contributed by atoms with Gasteiger partial charge >= 0.3 is 0 Å². The molecule has 0 aliphatic heterocycles. The summed E-state index contributed by atoms with van der Waals surface area (Å²) in [6.45, 7) is 1.87. The predicted octanol–water partition coefficient (Wildman–Crippen LogP) is -0.130. The fourth-order valence-electron chi connectivity index (χ4n) is 0.979. The monoisotopic (exact) mass is 153 g/mol. The summed E-state index contributed by atoms with van der Waals surface area (Å²) in [7, 11) is 1.78. The van der Waals surface area contributed by atoms with Crippen molar-refractivity contribution < 1.29 is 4.79 Å². The van der Waals surface area contributed by atoms with Crippen LogP contribution in [0.1, 0.15) is 16.1 Å². The summed E-state index contributed by atoms with van der Waals surface area (Å²) >= 11 is 0. The number of Topliss-reactive ketones (excluding diaryl/α,β-unsaturated/α-hetero) is 1. The zero-order chi connectivity index (χ0) is 8.43. The maximum atomic E-state index is 11.0. The normalized spacial score (nSPS) is 10.1. The molecular formula is C7H11N3O. The van der Waals surface area contributed by atoms with Gasteiger partial charge in [-0.05, 0) is 12.5 Å². The number of rotatable bonds is 2. The Morgan fingerprint density at radius 2 is 2.45 bits per heavy atom. The number of hydrogen-bond donors (Lipinski definition) is 1. The minimum atomic E-state index is -0.108. The van der Waals surface area contributed by atoms with Crippen LogP contribution in [0.2, 0.25) is 0 Å². The molecule has 0 aliphatic carbocycles. The first-order chi connectivity index (χ1) is 5.15. The quantitative estimate of drug-likeness (QED) is 0.602. The highest BCUT2D eigenvalue weighted by atomic mass is 16.1. The molecule has 0 aromatic carbocycles. The maximum absolute atomic E-state index is 11.0. The minimum absolute atomic E-state index is 0.0256. The third kappa shape index (κ3) is 1.46. The molecule has 0 saturated carbocycles. The van der Waals surface area contributed by atoms with Crippen LogP contribution in [0.5, 0.6) is 0 Å². The van der Waals surface area contributed by atoms with E-state index in [0.717, 1.165) is 5.56 Å². The Labute approximate surface area is 65.0 Å². The zero-order valence-electron chi connectivity index (χ0n) is 6.66. The van der Waals surface area contributed by atoms with E-state index in [4.69, 9.17) is 5.73 Å². The topological polar surface area (TPSA) is 60.9 Å². The Morgan fingerprint density at radius 1 is 1.82 bits per heavy atom. The van der Waals surface area contributed by atoms with Gasteiger partial charge in [0.15, 0.2) is 5.78 Å². The highest BCUT2D eigenvalue weighted by Crippen LogP contribution is 2.03. The lowest BCUT2D eigenvalue weighted by molar-refractivity contribution is 0.0995. The number of hydrogen-bond acceptors (Lipinski definition) is 3. The third-order valence-corrected chi connectivity index (χ3v) is 1.46. The molecule has 0 fully saturated rings. The molecule has 0 amide bonds. The van der Waals surface area contributed by atoms with E-state index in [1.54, 1.807) is 17.9 Å². The van der Waals surface area contributed by atoms with Crippen molar-refractivity contribution in [3.63, 3.8) is 0 Å².